The van der Waals surface area contributed by atoms with Crippen molar-refractivity contribution >= 4 is 0 Å². The number of ether oxygens (including phenoxy) is 1. The molecule has 1 fully saturated rings. The van der Waals surface area contributed by atoms with Crippen molar-refractivity contribution in [2.45, 2.75) is 45.6 Å². The first-order valence-corrected chi connectivity index (χ1v) is 6.80. The Morgan fingerprint density at radius 2 is 1.89 bits per heavy atom. The van der Waals surface area contributed by atoms with Crippen LogP contribution >= 0.6 is 0 Å². The van der Waals surface area contributed by atoms with Crippen LogP contribution in [0.2, 0.25) is 0 Å². The molecule has 5 nitrogen and oxygen atoms in total. The van der Waals surface area contributed by atoms with E-state index in [9.17, 15) is 0 Å². The maximum absolute atomic E-state index is 5.76. The van der Waals surface area contributed by atoms with Gasteiger partial charge in [-0.15, -0.1) is 5.10 Å². The zero-order valence-electron chi connectivity index (χ0n) is 11.4. The highest BCUT2D eigenvalue weighted by Gasteiger charge is 2.31. The molecule has 5 heteroatoms. The Kier molecular flexibility index (Phi) is 4.47. The van der Waals surface area contributed by atoms with E-state index in [1.807, 2.05) is 7.05 Å². The van der Waals surface area contributed by atoms with Gasteiger partial charge in [-0.1, -0.05) is 18.9 Å². The second-order valence-corrected chi connectivity index (χ2v) is 4.83. The van der Waals surface area contributed by atoms with Crippen LogP contribution in [-0.4, -0.2) is 34.9 Å². The summed E-state index contributed by atoms with van der Waals surface area (Å²) in [5.74, 6) is 0.730. The molecule has 1 aliphatic rings. The van der Waals surface area contributed by atoms with Crippen LogP contribution in [0.5, 0.6) is 6.01 Å². The third-order valence-electron chi connectivity index (χ3n) is 3.45. The lowest BCUT2D eigenvalue weighted by Gasteiger charge is -2.34. The standard InChI is InChI=1S/C13H22N4O/c1-4-11-12(5-2)16-17-13(15-11)18-10-6-9(7-10)8-14-3/h9-10,14H,4-8H2,1-3H3. The molecule has 1 N–H and O–H groups in total. The van der Waals surface area contributed by atoms with E-state index < -0.39 is 0 Å². The number of nitrogens with zero attached hydrogens (tertiary/aromatic N) is 3. The molecule has 1 saturated carbocycles. The van der Waals surface area contributed by atoms with E-state index >= 15 is 0 Å². The highest BCUT2D eigenvalue weighted by molar-refractivity contribution is 5.12. The van der Waals surface area contributed by atoms with Crippen LogP contribution in [0.15, 0.2) is 0 Å². The quantitative estimate of drug-likeness (QED) is 0.826. The normalized spacial score (nSPS) is 22.6. The van der Waals surface area contributed by atoms with Gasteiger partial charge in [-0.25, -0.2) is 0 Å². The predicted octanol–water partition coefficient (Wildman–Crippen LogP) is 1.37. The summed E-state index contributed by atoms with van der Waals surface area (Å²) in [5.41, 5.74) is 1.99. The highest BCUT2D eigenvalue weighted by atomic mass is 16.5. The van der Waals surface area contributed by atoms with Crippen LogP contribution in [-0.2, 0) is 12.8 Å². The van der Waals surface area contributed by atoms with Crippen LogP contribution in [0.1, 0.15) is 38.1 Å². The number of nitrogens with one attached hydrogen (secondary N) is 1. The molecular formula is C13H22N4O. The average Bonchev–Trinajstić information content (AvgIpc) is 2.36. The summed E-state index contributed by atoms with van der Waals surface area (Å²) in [4.78, 5) is 4.44. The van der Waals surface area contributed by atoms with E-state index in [-0.39, 0.29) is 6.10 Å². The van der Waals surface area contributed by atoms with Crippen LogP contribution in [0, 0.1) is 5.92 Å². The zero-order valence-corrected chi connectivity index (χ0v) is 11.4. The third kappa shape index (κ3) is 2.96. The first-order valence-electron chi connectivity index (χ1n) is 6.80. The van der Waals surface area contributed by atoms with Gasteiger partial charge in [0.1, 0.15) is 6.10 Å². The molecule has 0 bridgehead atoms. The van der Waals surface area contributed by atoms with Crippen LogP contribution < -0.4 is 10.1 Å². The van der Waals surface area contributed by atoms with Crippen molar-refractivity contribution in [2.24, 2.45) is 5.92 Å². The minimum atomic E-state index is 0.266. The molecule has 0 saturated heterocycles. The molecule has 0 aromatic carbocycles. The van der Waals surface area contributed by atoms with Crippen LogP contribution in [0.25, 0.3) is 0 Å². The van der Waals surface area contributed by atoms with Gasteiger partial charge >= 0.3 is 6.01 Å². The fourth-order valence-corrected chi connectivity index (χ4v) is 2.35. The molecule has 0 atom stereocenters. The van der Waals surface area contributed by atoms with E-state index in [4.69, 9.17) is 4.74 Å². The van der Waals surface area contributed by atoms with Gasteiger partial charge < -0.3 is 10.1 Å². The van der Waals surface area contributed by atoms with Gasteiger partial charge in [0, 0.05) is 0 Å². The first-order chi connectivity index (χ1) is 8.76. The lowest BCUT2D eigenvalue weighted by molar-refractivity contribution is 0.0559. The van der Waals surface area contributed by atoms with Crippen molar-refractivity contribution in [2.75, 3.05) is 13.6 Å². The van der Waals surface area contributed by atoms with Crippen molar-refractivity contribution in [3.63, 3.8) is 0 Å². The van der Waals surface area contributed by atoms with Crippen molar-refractivity contribution in [3.8, 4) is 6.01 Å². The van der Waals surface area contributed by atoms with Crippen molar-refractivity contribution in [1.29, 1.82) is 0 Å². The summed E-state index contributed by atoms with van der Waals surface area (Å²) >= 11 is 0. The lowest BCUT2D eigenvalue weighted by atomic mass is 9.82. The van der Waals surface area contributed by atoms with Gasteiger partial charge in [0.2, 0.25) is 0 Å². The molecule has 0 unspecified atom stereocenters. The number of rotatable bonds is 6. The Bertz CT molecular complexity index is 391. The summed E-state index contributed by atoms with van der Waals surface area (Å²) < 4.78 is 5.76. The number of hydrogen-bond donors (Lipinski definition) is 1. The molecule has 18 heavy (non-hydrogen) atoms. The summed E-state index contributed by atoms with van der Waals surface area (Å²) in [5, 5.41) is 11.4. The van der Waals surface area contributed by atoms with Gasteiger partial charge in [-0.2, -0.15) is 4.98 Å². The minimum absolute atomic E-state index is 0.266. The lowest BCUT2D eigenvalue weighted by Crippen LogP contribution is -2.39. The fourth-order valence-electron chi connectivity index (χ4n) is 2.35. The van der Waals surface area contributed by atoms with Gasteiger partial charge in [-0.05, 0) is 45.2 Å². The minimum Gasteiger partial charge on any atom is -0.459 e. The largest absolute Gasteiger partial charge is 0.459 e. The van der Waals surface area contributed by atoms with E-state index in [1.54, 1.807) is 0 Å². The van der Waals surface area contributed by atoms with E-state index in [0.717, 1.165) is 49.5 Å². The zero-order chi connectivity index (χ0) is 13.0. The molecule has 1 heterocycles. The van der Waals surface area contributed by atoms with Gasteiger partial charge in [0.05, 0.1) is 11.4 Å². The topological polar surface area (TPSA) is 59.9 Å². The highest BCUT2D eigenvalue weighted by Crippen LogP contribution is 2.29. The second-order valence-electron chi connectivity index (χ2n) is 4.83. The summed E-state index contributed by atoms with van der Waals surface area (Å²) in [6.45, 7) is 5.22. The Hall–Kier alpha value is -1.23. The van der Waals surface area contributed by atoms with Gasteiger partial charge in [0.25, 0.3) is 0 Å². The molecular weight excluding hydrogens is 228 g/mol. The van der Waals surface area contributed by atoms with Crippen LogP contribution in [0.4, 0.5) is 0 Å². The summed E-state index contributed by atoms with van der Waals surface area (Å²) in [6, 6.07) is 0.442. The Labute approximate surface area is 108 Å². The second kappa shape index (κ2) is 6.09. The number of aryl methyl sites for hydroxylation is 2. The molecule has 2 rings (SSSR count). The van der Waals surface area contributed by atoms with E-state index in [2.05, 4.69) is 34.3 Å². The first kappa shape index (κ1) is 13.2. The Balaban J connectivity index is 1.91. The van der Waals surface area contributed by atoms with Crippen molar-refractivity contribution < 1.29 is 4.74 Å². The molecule has 1 aliphatic carbocycles. The molecule has 0 aliphatic heterocycles. The van der Waals surface area contributed by atoms with Crippen molar-refractivity contribution in [1.82, 2.24) is 20.5 Å². The predicted molar refractivity (Wildman–Crippen MR) is 69.6 cm³/mol. The molecule has 1 aromatic rings. The molecule has 0 amide bonds. The van der Waals surface area contributed by atoms with E-state index in [1.165, 1.54) is 0 Å². The summed E-state index contributed by atoms with van der Waals surface area (Å²) in [7, 11) is 1.98. The molecule has 1 aromatic heterocycles. The maximum atomic E-state index is 5.76. The van der Waals surface area contributed by atoms with Gasteiger partial charge in [-0.3, -0.25) is 0 Å². The Morgan fingerprint density at radius 3 is 2.50 bits per heavy atom. The number of aromatic nitrogens is 3. The van der Waals surface area contributed by atoms with Crippen LogP contribution in [0.3, 0.4) is 0 Å². The maximum Gasteiger partial charge on any atom is 0.336 e. The van der Waals surface area contributed by atoms with E-state index in [0.29, 0.717) is 6.01 Å². The molecule has 0 spiro atoms. The number of hydrogen-bond acceptors (Lipinski definition) is 5. The fraction of sp³-hybridized carbons (Fsp3) is 0.769. The SMILES string of the molecule is CCc1nnc(OC2CC(CNC)C2)nc1CC. The molecule has 0 radical (unpaired) electrons. The van der Waals surface area contributed by atoms with Gasteiger partial charge in [0.15, 0.2) is 0 Å². The monoisotopic (exact) mass is 250 g/mol. The average molecular weight is 250 g/mol. The Morgan fingerprint density at radius 1 is 1.17 bits per heavy atom. The third-order valence-corrected chi connectivity index (χ3v) is 3.45. The smallest absolute Gasteiger partial charge is 0.336 e. The van der Waals surface area contributed by atoms with Crippen molar-refractivity contribution in [3.05, 3.63) is 11.4 Å². The summed E-state index contributed by atoms with van der Waals surface area (Å²) in [6.07, 6.45) is 4.18. The molecule has 100 valence electrons.